The zero-order chi connectivity index (χ0) is 14.6. The number of aromatic nitrogens is 1. The molecule has 2 rings (SSSR count). The fourth-order valence-electron chi connectivity index (χ4n) is 1.61. The monoisotopic (exact) mass is 312 g/mol. The zero-order valence-corrected chi connectivity index (χ0v) is 12.7. The van der Waals surface area contributed by atoms with Gasteiger partial charge in [0.05, 0.1) is 6.61 Å². The van der Waals surface area contributed by atoms with Crippen LogP contribution in [-0.2, 0) is 29.6 Å². The number of rotatable bonds is 6. The summed E-state index contributed by atoms with van der Waals surface area (Å²) in [5, 5.41) is 8.87. The summed E-state index contributed by atoms with van der Waals surface area (Å²) in [6.07, 6.45) is 2.30. The topological polar surface area (TPSA) is 79.3 Å². The average molecular weight is 312 g/mol. The molecular formula is C13H16N2O3S2. The Hall–Kier alpha value is -1.28. The van der Waals surface area contributed by atoms with E-state index < -0.39 is 10.0 Å². The van der Waals surface area contributed by atoms with Crippen molar-refractivity contribution in [2.75, 3.05) is 0 Å². The van der Waals surface area contributed by atoms with Crippen LogP contribution in [0.4, 0.5) is 0 Å². The molecule has 0 atom stereocenters. The molecule has 0 aliphatic heterocycles. The van der Waals surface area contributed by atoms with Crippen molar-refractivity contribution in [1.82, 2.24) is 9.71 Å². The fraction of sp³-hybridized carbons (Fsp3) is 0.308. The molecule has 108 valence electrons. The molecule has 2 aromatic rings. The van der Waals surface area contributed by atoms with E-state index >= 15 is 0 Å². The first-order valence-corrected chi connectivity index (χ1v) is 8.48. The molecule has 0 aliphatic rings. The van der Waals surface area contributed by atoms with Crippen LogP contribution in [0, 0.1) is 0 Å². The van der Waals surface area contributed by atoms with Gasteiger partial charge >= 0.3 is 0 Å². The Kier molecular flexibility index (Phi) is 4.87. The van der Waals surface area contributed by atoms with Gasteiger partial charge in [0.1, 0.15) is 0 Å². The molecule has 0 unspecified atom stereocenters. The summed E-state index contributed by atoms with van der Waals surface area (Å²) in [5.41, 5.74) is 0.579. The van der Waals surface area contributed by atoms with Gasteiger partial charge in [-0.05, 0) is 30.2 Å². The Morgan fingerprint density at radius 2 is 2.00 bits per heavy atom. The summed E-state index contributed by atoms with van der Waals surface area (Å²) in [6, 6.07) is 6.86. The lowest BCUT2D eigenvalue weighted by Gasteiger charge is -2.05. The van der Waals surface area contributed by atoms with E-state index in [1.807, 2.05) is 12.1 Å². The third-order valence-corrected chi connectivity index (χ3v) is 5.30. The van der Waals surface area contributed by atoms with E-state index in [1.54, 1.807) is 17.4 Å². The molecule has 0 fully saturated rings. The normalized spacial score (nSPS) is 11.7. The summed E-state index contributed by atoms with van der Waals surface area (Å²) in [5.74, 6) is 0. The van der Waals surface area contributed by atoms with E-state index in [0.717, 1.165) is 11.3 Å². The van der Waals surface area contributed by atoms with Gasteiger partial charge in [-0.3, -0.25) is 0 Å². The van der Waals surface area contributed by atoms with Gasteiger partial charge in [0, 0.05) is 22.5 Å². The van der Waals surface area contributed by atoms with Crippen molar-refractivity contribution < 1.29 is 13.5 Å². The van der Waals surface area contributed by atoms with Gasteiger partial charge in [0.15, 0.2) is 5.03 Å². The predicted molar refractivity (Wildman–Crippen MR) is 77.9 cm³/mol. The van der Waals surface area contributed by atoms with Crippen molar-refractivity contribution >= 4 is 21.4 Å². The number of nitrogens with zero attached hydrogens (tertiary/aromatic N) is 1. The van der Waals surface area contributed by atoms with Crippen LogP contribution >= 0.6 is 11.3 Å². The first kappa shape index (κ1) is 15.1. The molecule has 0 amide bonds. The number of aliphatic hydroxyl groups is 1. The van der Waals surface area contributed by atoms with Gasteiger partial charge in [-0.1, -0.05) is 13.0 Å². The summed E-state index contributed by atoms with van der Waals surface area (Å²) >= 11 is 1.59. The van der Waals surface area contributed by atoms with Crippen LogP contribution in [0.15, 0.2) is 35.5 Å². The highest BCUT2D eigenvalue weighted by Crippen LogP contribution is 2.17. The number of sulfonamides is 1. The Balaban J connectivity index is 2.06. The molecule has 2 N–H and O–H groups in total. The molecule has 0 radical (unpaired) electrons. The molecule has 0 aliphatic carbocycles. The second-order valence-corrected chi connectivity index (χ2v) is 7.18. The van der Waals surface area contributed by atoms with Crippen LogP contribution in [0.2, 0.25) is 0 Å². The van der Waals surface area contributed by atoms with Crippen LogP contribution in [-0.4, -0.2) is 18.5 Å². The lowest BCUT2D eigenvalue weighted by molar-refractivity contribution is 0.281. The fourth-order valence-corrected chi connectivity index (χ4v) is 3.53. The van der Waals surface area contributed by atoms with Gasteiger partial charge in [-0.2, -0.15) is 0 Å². The molecule has 20 heavy (non-hydrogen) atoms. The van der Waals surface area contributed by atoms with E-state index in [4.69, 9.17) is 5.11 Å². The van der Waals surface area contributed by atoms with Crippen LogP contribution < -0.4 is 4.72 Å². The minimum atomic E-state index is -3.62. The maximum absolute atomic E-state index is 12.0. The number of hydrogen-bond donors (Lipinski definition) is 2. The predicted octanol–water partition coefficient (Wildman–Crippen LogP) is 1.68. The molecule has 2 heterocycles. The van der Waals surface area contributed by atoms with Crippen molar-refractivity contribution in [1.29, 1.82) is 0 Å². The van der Waals surface area contributed by atoms with Gasteiger partial charge in [-0.25, -0.2) is 18.1 Å². The number of aliphatic hydroxyl groups excluding tert-OH is 1. The summed E-state index contributed by atoms with van der Waals surface area (Å²) < 4.78 is 26.6. The first-order valence-electron chi connectivity index (χ1n) is 6.18. The zero-order valence-electron chi connectivity index (χ0n) is 11.0. The van der Waals surface area contributed by atoms with E-state index in [2.05, 4.69) is 16.6 Å². The lowest BCUT2D eigenvalue weighted by Crippen LogP contribution is -2.23. The molecular weight excluding hydrogens is 296 g/mol. The Morgan fingerprint density at radius 3 is 2.55 bits per heavy atom. The third-order valence-electron chi connectivity index (χ3n) is 2.76. The number of nitrogens with one attached hydrogen (secondary N) is 1. The molecule has 5 nitrogen and oxygen atoms in total. The molecule has 2 aromatic heterocycles. The van der Waals surface area contributed by atoms with Crippen molar-refractivity contribution in [3.05, 3.63) is 45.8 Å². The molecule has 0 saturated heterocycles. The van der Waals surface area contributed by atoms with Crippen LogP contribution in [0.25, 0.3) is 0 Å². The highest BCUT2D eigenvalue weighted by atomic mass is 32.2. The summed E-state index contributed by atoms with van der Waals surface area (Å²) in [7, 11) is -3.62. The van der Waals surface area contributed by atoms with Gasteiger partial charge in [0.2, 0.25) is 0 Å². The smallest absolute Gasteiger partial charge is 0.258 e. The Bertz CT molecular complexity index is 663. The van der Waals surface area contributed by atoms with Gasteiger partial charge < -0.3 is 5.11 Å². The first-order chi connectivity index (χ1) is 9.55. The second kappa shape index (κ2) is 6.45. The number of aryl methyl sites for hydroxylation is 1. The van der Waals surface area contributed by atoms with Crippen molar-refractivity contribution in [3.8, 4) is 0 Å². The standard InChI is InChI=1S/C13H16N2O3S2/c1-2-11-4-5-12(19-11)8-15-20(17,18)13-6-3-10(9-16)7-14-13/h3-7,15-16H,2,8-9H2,1H3. The SMILES string of the molecule is CCc1ccc(CNS(=O)(=O)c2ccc(CO)cn2)s1. The molecule has 0 spiro atoms. The number of hydrogen-bond acceptors (Lipinski definition) is 5. The quantitative estimate of drug-likeness (QED) is 0.850. The highest BCUT2D eigenvalue weighted by Gasteiger charge is 2.15. The van der Waals surface area contributed by atoms with Crippen LogP contribution in [0.5, 0.6) is 0 Å². The van der Waals surface area contributed by atoms with Crippen LogP contribution in [0.1, 0.15) is 22.2 Å². The summed E-state index contributed by atoms with van der Waals surface area (Å²) in [4.78, 5) is 6.04. The maximum Gasteiger partial charge on any atom is 0.258 e. The molecule has 0 aromatic carbocycles. The molecule has 7 heteroatoms. The minimum Gasteiger partial charge on any atom is -0.392 e. The third kappa shape index (κ3) is 3.63. The van der Waals surface area contributed by atoms with Gasteiger partial charge in [-0.15, -0.1) is 11.3 Å². The van der Waals surface area contributed by atoms with Crippen LogP contribution in [0.3, 0.4) is 0 Å². The number of thiophene rings is 1. The van der Waals surface area contributed by atoms with Crippen molar-refractivity contribution in [2.24, 2.45) is 0 Å². The summed E-state index contributed by atoms with van der Waals surface area (Å²) in [6.45, 7) is 2.17. The van der Waals surface area contributed by atoms with E-state index in [-0.39, 0.29) is 18.2 Å². The number of pyridine rings is 1. The largest absolute Gasteiger partial charge is 0.392 e. The lowest BCUT2D eigenvalue weighted by atomic mass is 10.3. The Morgan fingerprint density at radius 1 is 1.25 bits per heavy atom. The Labute approximate surface area is 122 Å². The van der Waals surface area contributed by atoms with E-state index in [9.17, 15) is 8.42 Å². The van der Waals surface area contributed by atoms with E-state index in [1.165, 1.54) is 17.1 Å². The van der Waals surface area contributed by atoms with Gasteiger partial charge in [0.25, 0.3) is 10.0 Å². The van der Waals surface area contributed by atoms with Crippen molar-refractivity contribution in [2.45, 2.75) is 31.5 Å². The highest BCUT2D eigenvalue weighted by molar-refractivity contribution is 7.89. The van der Waals surface area contributed by atoms with E-state index in [0.29, 0.717) is 5.56 Å². The minimum absolute atomic E-state index is 0.0398. The van der Waals surface area contributed by atoms with Crippen molar-refractivity contribution in [3.63, 3.8) is 0 Å². The maximum atomic E-state index is 12.0. The molecule has 0 saturated carbocycles. The average Bonchev–Trinajstić information content (AvgIpc) is 2.93. The molecule has 0 bridgehead atoms. The second-order valence-electron chi connectivity index (χ2n) is 4.21.